The number of carbonyl (C=O) groups excluding carboxylic acids is 2. The van der Waals surface area contributed by atoms with Crippen molar-refractivity contribution in [1.29, 1.82) is 0 Å². The number of benzene rings is 1. The third-order valence-corrected chi connectivity index (χ3v) is 4.74. The van der Waals surface area contributed by atoms with Crippen molar-refractivity contribution in [1.82, 2.24) is 15.1 Å². The third kappa shape index (κ3) is 6.79. The Kier molecular flexibility index (Phi) is 8.10. The molecule has 1 aliphatic heterocycles. The van der Waals surface area contributed by atoms with Crippen molar-refractivity contribution in [2.75, 3.05) is 32.7 Å². The number of carbonyl (C=O) groups is 2. The molecule has 0 spiro atoms. The molecule has 0 aromatic heterocycles. The minimum Gasteiger partial charge on any atom is -0.353 e. The standard InChI is InChI=1S/C21H33N3O2/c1-4-5-6-18-7-9-19(10-8-18)15-21(26)24-13-11-23(12-14-24)16-20(25)22-17(2)3/h7-10,17H,4-6,11-16H2,1-3H3,(H,22,25). The molecule has 1 aromatic rings. The molecule has 1 fully saturated rings. The molecule has 1 N–H and O–H groups in total. The van der Waals surface area contributed by atoms with E-state index in [4.69, 9.17) is 0 Å². The predicted octanol–water partition coefficient (Wildman–Crippen LogP) is 2.24. The number of piperazine rings is 1. The van der Waals surface area contributed by atoms with Crippen molar-refractivity contribution in [2.45, 2.75) is 52.5 Å². The van der Waals surface area contributed by atoms with Crippen LogP contribution in [0.25, 0.3) is 0 Å². The lowest BCUT2D eigenvalue weighted by atomic mass is 10.0. The second-order valence-electron chi connectivity index (χ2n) is 7.48. The summed E-state index contributed by atoms with van der Waals surface area (Å²) in [5.41, 5.74) is 2.42. The molecule has 0 aliphatic carbocycles. The summed E-state index contributed by atoms with van der Waals surface area (Å²) < 4.78 is 0. The average molecular weight is 360 g/mol. The van der Waals surface area contributed by atoms with Crippen molar-refractivity contribution in [3.05, 3.63) is 35.4 Å². The number of hydrogen-bond donors (Lipinski definition) is 1. The Labute approximate surface area is 157 Å². The zero-order chi connectivity index (χ0) is 18.9. The Morgan fingerprint density at radius 3 is 2.23 bits per heavy atom. The normalized spacial score (nSPS) is 15.3. The predicted molar refractivity (Wildman–Crippen MR) is 105 cm³/mol. The molecule has 5 heteroatoms. The molecule has 0 saturated carbocycles. The topological polar surface area (TPSA) is 52.7 Å². The zero-order valence-corrected chi connectivity index (χ0v) is 16.5. The lowest BCUT2D eigenvalue weighted by Crippen LogP contribution is -2.51. The van der Waals surface area contributed by atoms with E-state index < -0.39 is 0 Å². The maximum Gasteiger partial charge on any atom is 0.234 e. The monoisotopic (exact) mass is 359 g/mol. The molecule has 2 amide bonds. The molecule has 5 nitrogen and oxygen atoms in total. The van der Waals surface area contributed by atoms with Crippen LogP contribution in [-0.2, 0) is 22.4 Å². The van der Waals surface area contributed by atoms with Crippen LogP contribution < -0.4 is 5.32 Å². The first-order valence-corrected chi connectivity index (χ1v) is 9.85. The third-order valence-electron chi connectivity index (χ3n) is 4.74. The summed E-state index contributed by atoms with van der Waals surface area (Å²) >= 11 is 0. The van der Waals surface area contributed by atoms with Crippen LogP contribution >= 0.6 is 0 Å². The summed E-state index contributed by atoms with van der Waals surface area (Å²) in [5, 5.41) is 2.91. The van der Waals surface area contributed by atoms with Gasteiger partial charge in [-0.3, -0.25) is 14.5 Å². The van der Waals surface area contributed by atoms with E-state index in [-0.39, 0.29) is 17.9 Å². The molecule has 0 radical (unpaired) electrons. The van der Waals surface area contributed by atoms with Crippen LogP contribution in [0, 0.1) is 0 Å². The number of rotatable bonds is 8. The second-order valence-corrected chi connectivity index (χ2v) is 7.48. The molecule has 1 heterocycles. The fraction of sp³-hybridized carbons (Fsp3) is 0.619. The number of unbranched alkanes of at least 4 members (excludes halogenated alkanes) is 1. The lowest BCUT2D eigenvalue weighted by Gasteiger charge is -2.34. The fourth-order valence-corrected chi connectivity index (χ4v) is 3.22. The van der Waals surface area contributed by atoms with Gasteiger partial charge in [-0.2, -0.15) is 0 Å². The highest BCUT2D eigenvalue weighted by Gasteiger charge is 2.22. The SMILES string of the molecule is CCCCc1ccc(CC(=O)N2CCN(CC(=O)NC(C)C)CC2)cc1. The van der Waals surface area contributed by atoms with E-state index in [2.05, 4.69) is 41.4 Å². The van der Waals surface area contributed by atoms with Gasteiger partial charge in [-0.05, 0) is 37.8 Å². The smallest absolute Gasteiger partial charge is 0.234 e. The van der Waals surface area contributed by atoms with Crippen molar-refractivity contribution in [3.63, 3.8) is 0 Å². The van der Waals surface area contributed by atoms with Crippen LogP contribution in [0.5, 0.6) is 0 Å². The average Bonchev–Trinajstić information content (AvgIpc) is 2.61. The molecule has 0 bridgehead atoms. The molecule has 1 aliphatic rings. The van der Waals surface area contributed by atoms with Gasteiger partial charge >= 0.3 is 0 Å². The van der Waals surface area contributed by atoms with Crippen LogP contribution in [0.1, 0.15) is 44.7 Å². The van der Waals surface area contributed by atoms with E-state index in [1.807, 2.05) is 18.7 Å². The number of hydrogen-bond acceptors (Lipinski definition) is 3. The first-order valence-electron chi connectivity index (χ1n) is 9.85. The largest absolute Gasteiger partial charge is 0.353 e. The maximum atomic E-state index is 12.5. The van der Waals surface area contributed by atoms with Gasteiger partial charge < -0.3 is 10.2 Å². The second kappa shape index (κ2) is 10.3. The molecule has 2 rings (SSSR count). The lowest BCUT2D eigenvalue weighted by molar-refractivity contribution is -0.132. The molecule has 1 saturated heterocycles. The number of aryl methyl sites for hydroxylation is 1. The van der Waals surface area contributed by atoms with Gasteiger partial charge in [0.25, 0.3) is 0 Å². The zero-order valence-electron chi connectivity index (χ0n) is 16.5. The van der Waals surface area contributed by atoms with Crippen molar-refractivity contribution < 1.29 is 9.59 Å². The molecule has 1 aromatic carbocycles. The maximum absolute atomic E-state index is 12.5. The molecule has 26 heavy (non-hydrogen) atoms. The Morgan fingerprint density at radius 2 is 1.65 bits per heavy atom. The highest BCUT2D eigenvalue weighted by atomic mass is 16.2. The van der Waals surface area contributed by atoms with Gasteiger partial charge in [-0.15, -0.1) is 0 Å². The highest BCUT2D eigenvalue weighted by molar-refractivity contribution is 5.79. The van der Waals surface area contributed by atoms with Gasteiger partial charge in [-0.25, -0.2) is 0 Å². The quantitative estimate of drug-likeness (QED) is 0.774. The van der Waals surface area contributed by atoms with Crippen molar-refractivity contribution in [3.8, 4) is 0 Å². The fourth-order valence-electron chi connectivity index (χ4n) is 3.22. The molecule has 0 unspecified atom stereocenters. The van der Waals surface area contributed by atoms with E-state index in [9.17, 15) is 9.59 Å². The van der Waals surface area contributed by atoms with Gasteiger partial charge in [-0.1, -0.05) is 37.6 Å². The summed E-state index contributed by atoms with van der Waals surface area (Å²) in [7, 11) is 0. The summed E-state index contributed by atoms with van der Waals surface area (Å²) in [6.45, 7) is 9.45. The minimum absolute atomic E-state index is 0.0583. The van der Waals surface area contributed by atoms with E-state index >= 15 is 0 Å². The minimum atomic E-state index is 0.0583. The highest BCUT2D eigenvalue weighted by Crippen LogP contribution is 2.11. The number of amides is 2. The first-order chi connectivity index (χ1) is 12.5. The van der Waals surface area contributed by atoms with Crippen molar-refractivity contribution >= 4 is 11.8 Å². The molecular weight excluding hydrogens is 326 g/mol. The Bertz CT molecular complexity index is 575. The van der Waals surface area contributed by atoms with Gasteiger partial charge in [0, 0.05) is 32.2 Å². The van der Waals surface area contributed by atoms with E-state index in [0.717, 1.165) is 25.1 Å². The molecule has 0 atom stereocenters. The Hall–Kier alpha value is -1.88. The van der Waals surface area contributed by atoms with Crippen LogP contribution in [-0.4, -0.2) is 60.4 Å². The molecular formula is C21H33N3O2. The van der Waals surface area contributed by atoms with E-state index in [1.165, 1.54) is 18.4 Å². The van der Waals surface area contributed by atoms with Crippen LogP contribution in [0.3, 0.4) is 0 Å². The number of nitrogens with zero attached hydrogens (tertiary/aromatic N) is 2. The van der Waals surface area contributed by atoms with Gasteiger partial charge in [0.2, 0.25) is 11.8 Å². The summed E-state index contributed by atoms with van der Waals surface area (Å²) in [4.78, 5) is 28.4. The molecule has 144 valence electrons. The summed E-state index contributed by atoms with van der Waals surface area (Å²) in [6, 6.07) is 8.61. The first kappa shape index (κ1) is 20.4. The van der Waals surface area contributed by atoms with E-state index in [0.29, 0.717) is 26.1 Å². The Balaban J connectivity index is 1.75. The van der Waals surface area contributed by atoms with Gasteiger partial charge in [0.15, 0.2) is 0 Å². The van der Waals surface area contributed by atoms with Crippen LogP contribution in [0.2, 0.25) is 0 Å². The van der Waals surface area contributed by atoms with Crippen molar-refractivity contribution in [2.24, 2.45) is 0 Å². The van der Waals surface area contributed by atoms with Crippen LogP contribution in [0.15, 0.2) is 24.3 Å². The Morgan fingerprint density at radius 1 is 1.04 bits per heavy atom. The summed E-state index contributed by atoms with van der Waals surface area (Å²) in [5.74, 6) is 0.237. The number of nitrogens with one attached hydrogen (secondary N) is 1. The van der Waals surface area contributed by atoms with Gasteiger partial charge in [0.1, 0.15) is 0 Å². The summed E-state index contributed by atoms with van der Waals surface area (Å²) in [6.07, 6.45) is 3.97. The van der Waals surface area contributed by atoms with E-state index in [1.54, 1.807) is 0 Å². The van der Waals surface area contributed by atoms with Crippen LogP contribution in [0.4, 0.5) is 0 Å². The van der Waals surface area contributed by atoms with Gasteiger partial charge in [0.05, 0.1) is 13.0 Å².